The summed E-state index contributed by atoms with van der Waals surface area (Å²) in [4.78, 5) is 14.4. The molecule has 4 heteroatoms. The van der Waals surface area contributed by atoms with E-state index < -0.39 is 0 Å². The molecule has 0 saturated carbocycles. The van der Waals surface area contributed by atoms with Crippen LogP contribution in [0.15, 0.2) is 59.1 Å². The van der Waals surface area contributed by atoms with E-state index in [-0.39, 0.29) is 5.91 Å². The van der Waals surface area contributed by atoms with Crippen LogP contribution in [0.5, 0.6) is 0 Å². The number of amides is 1. The molecule has 0 aromatic heterocycles. The predicted molar refractivity (Wildman–Crippen MR) is 87.2 cm³/mol. The second kappa shape index (κ2) is 7.96. The number of benzene rings is 2. The number of hydrogen-bond donors (Lipinski definition) is 0. The van der Waals surface area contributed by atoms with Gasteiger partial charge in [0.05, 0.1) is 6.61 Å². The molecular formula is C17H18BrNO2. The Morgan fingerprint density at radius 2 is 1.76 bits per heavy atom. The molecule has 1 amide bonds. The molecule has 0 heterocycles. The number of carbonyl (C=O) groups is 1. The average Bonchev–Trinajstić information content (AvgIpc) is 2.52. The van der Waals surface area contributed by atoms with Gasteiger partial charge in [0, 0.05) is 30.2 Å². The third kappa shape index (κ3) is 4.69. The molecule has 21 heavy (non-hydrogen) atoms. The van der Waals surface area contributed by atoms with E-state index in [1.54, 1.807) is 7.11 Å². The molecular weight excluding hydrogens is 330 g/mol. The van der Waals surface area contributed by atoms with E-state index in [0.29, 0.717) is 25.3 Å². The number of rotatable bonds is 6. The second-order valence-electron chi connectivity index (χ2n) is 4.71. The Morgan fingerprint density at radius 1 is 1.10 bits per heavy atom. The van der Waals surface area contributed by atoms with E-state index in [1.807, 2.05) is 59.5 Å². The van der Waals surface area contributed by atoms with Gasteiger partial charge in [0.2, 0.25) is 0 Å². The Bertz CT molecular complexity index is 569. The summed E-state index contributed by atoms with van der Waals surface area (Å²) >= 11 is 3.38. The van der Waals surface area contributed by atoms with Gasteiger partial charge in [0.1, 0.15) is 0 Å². The largest absolute Gasteiger partial charge is 0.383 e. The lowest BCUT2D eigenvalue weighted by Gasteiger charge is -2.22. The summed E-state index contributed by atoms with van der Waals surface area (Å²) in [5.74, 6) is 0.0170. The van der Waals surface area contributed by atoms with Crippen molar-refractivity contribution in [2.75, 3.05) is 20.3 Å². The van der Waals surface area contributed by atoms with Crippen LogP contribution in [0.3, 0.4) is 0 Å². The summed E-state index contributed by atoms with van der Waals surface area (Å²) in [5, 5.41) is 0. The van der Waals surface area contributed by atoms with Gasteiger partial charge >= 0.3 is 0 Å². The molecule has 0 bridgehead atoms. The Kier molecular flexibility index (Phi) is 5.96. The minimum absolute atomic E-state index is 0.0170. The third-order valence-corrected chi connectivity index (χ3v) is 3.69. The second-order valence-corrected chi connectivity index (χ2v) is 5.63. The number of halogens is 1. The summed E-state index contributed by atoms with van der Waals surface area (Å²) in [7, 11) is 1.64. The number of nitrogens with zero attached hydrogens (tertiary/aromatic N) is 1. The van der Waals surface area contributed by atoms with Crippen LogP contribution in [-0.4, -0.2) is 31.1 Å². The van der Waals surface area contributed by atoms with Crippen LogP contribution in [-0.2, 0) is 11.3 Å². The molecule has 0 aliphatic heterocycles. The van der Waals surface area contributed by atoms with Gasteiger partial charge in [0.15, 0.2) is 0 Å². The molecule has 0 radical (unpaired) electrons. The average molecular weight is 348 g/mol. The lowest BCUT2D eigenvalue weighted by atomic mass is 10.1. The van der Waals surface area contributed by atoms with E-state index in [2.05, 4.69) is 15.9 Å². The fraction of sp³-hybridized carbons (Fsp3) is 0.235. The fourth-order valence-corrected chi connectivity index (χ4v) is 2.30. The monoisotopic (exact) mass is 347 g/mol. The summed E-state index contributed by atoms with van der Waals surface area (Å²) in [5.41, 5.74) is 1.80. The molecule has 2 aromatic rings. The highest BCUT2D eigenvalue weighted by Crippen LogP contribution is 2.14. The van der Waals surface area contributed by atoms with Crippen molar-refractivity contribution in [1.29, 1.82) is 0 Å². The minimum atomic E-state index is 0.0170. The van der Waals surface area contributed by atoms with Crippen LogP contribution >= 0.6 is 15.9 Å². The normalized spacial score (nSPS) is 10.4. The summed E-state index contributed by atoms with van der Waals surface area (Å²) < 4.78 is 6.08. The van der Waals surface area contributed by atoms with Crippen molar-refractivity contribution in [3.05, 3.63) is 70.2 Å². The Hall–Kier alpha value is -1.65. The first-order chi connectivity index (χ1) is 10.2. The van der Waals surface area contributed by atoms with Crippen molar-refractivity contribution < 1.29 is 9.53 Å². The van der Waals surface area contributed by atoms with Crippen molar-refractivity contribution in [3.8, 4) is 0 Å². The number of ether oxygens (including phenoxy) is 1. The van der Waals surface area contributed by atoms with Crippen LogP contribution in [0.4, 0.5) is 0 Å². The van der Waals surface area contributed by atoms with Gasteiger partial charge in [0.25, 0.3) is 5.91 Å². The first-order valence-corrected chi connectivity index (χ1v) is 7.57. The summed E-state index contributed by atoms with van der Waals surface area (Å²) in [6, 6.07) is 17.4. The quantitative estimate of drug-likeness (QED) is 0.796. The molecule has 0 saturated heterocycles. The van der Waals surface area contributed by atoms with Crippen molar-refractivity contribution >= 4 is 21.8 Å². The molecule has 110 valence electrons. The summed E-state index contributed by atoms with van der Waals surface area (Å²) in [6.07, 6.45) is 0. The van der Waals surface area contributed by atoms with E-state index in [9.17, 15) is 4.79 Å². The van der Waals surface area contributed by atoms with E-state index in [0.717, 1.165) is 10.0 Å². The Balaban J connectivity index is 2.14. The topological polar surface area (TPSA) is 29.5 Å². The van der Waals surface area contributed by atoms with Crippen molar-refractivity contribution in [3.63, 3.8) is 0 Å². The molecule has 0 unspecified atom stereocenters. The highest BCUT2D eigenvalue weighted by atomic mass is 79.9. The SMILES string of the molecule is COCCN(Cc1ccccc1)C(=O)c1ccc(Br)cc1. The Morgan fingerprint density at radius 3 is 2.38 bits per heavy atom. The maximum Gasteiger partial charge on any atom is 0.254 e. The molecule has 0 aliphatic rings. The molecule has 0 atom stereocenters. The summed E-state index contributed by atoms with van der Waals surface area (Å²) in [6.45, 7) is 1.68. The zero-order chi connectivity index (χ0) is 15.1. The standard InChI is InChI=1S/C17H18BrNO2/c1-21-12-11-19(13-14-5-3-2-4-6-14)17(20)15-7-9-16(18)10-8-15/h2-10H,11-13H2,1H3. The van der Waals surface area contributed by atoms with Crippen LogP contribution in [0.25, 0.3) is 0 Å². The highest BCUT2D eigenvalue weighted by Gasteiger charge is 2.15. The highest BCUT2D eigenvalue weighted by molar-refractivity contribution is 9.10. The van der Waals surface area contributed by atoms with E-state index in [4.69, 9.17) is 4.74 Å². The first kappa shape index (κ1) is 15.7. The third-order valence-electron chi connectivity index (χ3n) is 3.16. The zero-order valence-electron chi connectivity index (χ0n) is 12.0. The number of hydrogen-bond acceptors (Lipinski definition) is 2. The van der Waals surface area contributed by atoms with E-state index >= 15 is 0 Å². The van der Waals surface area contributed by atoms with Crippen molar-refractivity contribution in [2.45, 2.75) is 6.54 Å². The van der Waals surface area contributed by atoms with Crippen molar-refractivity contribution in [2.24, 2.45) is 0 Å². The maximum absolute atomic E-state index is 12.6. The molecule has 2 rings (SSSR count). The molecule has 0 fully saturated rings. The first-order valence-electron chi connectivity index (χ1n) is 6.78. The predicted octanol–water partition coefficient (Wildman–Crippen LogP) is 3.74. The number of methoxy groups -OCH3 is 1. The van der Waals surface area contributed by atoms with Gasteiger partial charge in [-0.25, -0.2) is 0 Å². The van der Waals surface area contributed by atoms with Gasteiger partial charge in [-0.2, -0.15) is 0 Å². The lowest BCUT2D eigenvalue weighted by molar-refractivity contribution is 0.0680. The van der Waals surface area contributed by atoms with E-state index in [1.165, 1.54) is 0 Å². The van der Waals surface area contributed by atoms with Gasteiger partial charge in [-0.05, 0) is 29.8 Å². The molecule has 0 aliphatic carbocycles. The molecule has 0 N–H and O–H groups in total. The number of carbonyl (C=O) groups excluding carboxylic acids is 1. The maximum atomic E-state index is 12.6. The lowest BCUT2D eigenvalue weighted by Crippen LogP contribution is -2.33. The van der Waals surface area contributed by atoms with Gasteiger partial charge < -0.3 is 9.64 Å². The van der Waals surface area contributed by atoms with Gasteiger partial charge in [-0.15, -0.1) is 0 Å². The fourth-order valence-electron chi connectivity index (χ4n) is 2.03. The van der Waals surface area contributed by atoms with Crippen LogP contribution in [0.2, 0.25) is 0 Å². The van der Waals surface area contributed by atoms with Crippen LogP contribution in [0.1, 0.15) is 15.9 Å². The van der Waals surface area contributed by atoms with Crippen LogP contribution in [0, 0.1) is 0 Å². The van der Waals surface area contributed by atoms with Gasteiger partial charge in [-0.1, -0.05) is 46.3 Å². The van der Waals surface area contributed by atoms with Gasteiger partial charge in [-0.3, -0.25) is 4.79 Å². The minimum Gasteiger partial charge on any atom is -0.383 e. The molecule has 2 aromatic carbocycles. The molecule has 3 nitrogen and oxygen atoms in total. The Labute approximate surface area is 133 Å². The zero-order valence-corrected chi connectivity index (χ0v) is 13.5. The smallest absolute Gasteiger partial charge is 0.254 e. The van der Waals surface area contributed by atoms with Crippen molar-refractivity contribution in [1.82, 2.24) is 4.90 Å². The molecule has 0 spiro atoms. The van der Waals surface area contributed by atoms with Crippen LogP contribution < -0.4 is 0 Å².